The molecule has 0 aliphatic rings. The van der Waals surface area contributed by atoms with E-state index < -0.39 is 35.0 Å². The molecule has 0 saturated heterocycles. The second-order valence-electron chi connectivity index (χ2n) is 10.8. The van der Waals surface area contributed by atoms with Crippen LogP contribution in [-0.4, -0.2) is 45.2 Å². The van der Waals surface area contributed by atoms with E-state index in [9.17, 15) is 0 Å². The fraction of sp³-hybridized carbons (Fsp3) is 1.00. The third kappa shape index (κ3) is 11.3. The first kappa shape index (κ1) is 31.2. The van der Waals surface area contributed by atoms with Crippen LogP contribution in [0.2, 0.25) is 51.1 Å². The van der Waals surface area contributed by atoms with Gasteiger partial charge in [-0.2, -0.15) is 0 Å². The Bertz CT molecular complexity index is 392. The summed E-state index contributed by atoms with van der Waals surface area (Å²) >= 11 is -2.46. The average molecular weight is 566 g/mol. The number of hydrogen-bond acceptors (Lipinski definition) is 2. The first-order valence-electron chi connectivity index (χ1n) is 13.4. The first-order valence-corrected chi connectivity index (χ1v) is 27.1. The van der Waals surface area contributed by atoms with Gasteiger partial charge in [-0.15, -0.1) is 0 Å². The predicted octanol–water partition coefficient (Wildman–Crippen LogP) is 9.40. The zero-order chi connectivity index (χ0) is 23.3. The number of hydrogen-bond donors (Lipinski definition) is 0. The summed E-state index contributed by atoms with van der Waals surface area (Å²) in [6.45, 7) is 23.8. The summed E-state index contributed by atoms with van der Waals surface area (Å²) in [5.41, 5.74) is 0. The maximum atomic E-state index is 7.15. The molecule has 0 aromatic heterocycles. The quantitative estimate of drug-likeness (QED) is 0.145. The minimum atomic E-state index is -2.46. The molecule has 0 amide bonds. The van der Waals surface area contributed by atoms with Crippen LogP contribution in [0.3, 0.4) is 0 Å². The van der Waals surface area contributed by atoms with Crippen LogP contribution >= 0.6 is 0 Å². The summed E-state index contributed by atoms with van der Waals surface area (Å²) in [5.74, 6) is 0. The Kier molecular flexibility index (Phi) is 16.5. The molecule has 2 nitrogen and oxygen atoms in total. The SMILES string of the molecule is CCC[CH2][Sn]([CH2]CCC)([CH2]CCC)[C@@H](C[C@@H](C)O[Si](CC)(CC)CC)O[Si](C)(C)C. The summed E-state index contributed by atoms with van der Waals surface area (Å²) in [6, 6.07) is 3.75. The van der Waals surface area contributed by atoms with Crippen LogP contribution in [0, 0.1) is 0 Å². The van der Waals surface area contributed by atoms with Gasteiger partial charge in [0.05, 0.1) is 0 Å². The monoisotopic (exact) mass is 566 g/mol. The molecule has 0 heterocycles. The zero-order valence-electron chi connectivity index (χ0n) is 22.7. The molecule has 0 spiro atoms. The van der Waals surface area contributed by atoms with Crippen LogP contribution < -0.4 is 0 Å². The molecule has 0 aromatic carbocycles. The van der Waals surface area contributed by atoms with Crippen molar-refractivity contribution in [3.8, 4) is 0 Å². The summed E-state index contributed by atoms with van der Waals surface area (Å²) in [4.78, 5) is 0. The molecular weight excluding hydrogens is 507 g/mol. The fourth-order valence-corrected chi connectivity index (χ4v) is 30.7. The van der Waals surface area contributed by atoms with E-state index in [1.54, 1.807) is 0 Å². The molecule has 0 rings (SSSR count). The van der Waals surface area contributed by atoms with E-state index in [0.717, 1.165) is 0 Å². The minimum absolute atomic E-state index is 0.360. The molecule has 0 N–H and O–H groups in total. The van der Waals surface area contributed by atoms with Gasteiger partial charge in [-0.05, 0) is 0 Å². The van der Waals surface area contributed by atoms with Crippen LogP contribution in [0.15, 0.2) is 0 Å². The van der Waals surface area contributed by atoms with E-state index >= 15 is 0 Å². The Hall–Kier alpha value is 1.15. The molecule has 0 aromatic rings. The van der Waals surface area contributed by atoms with Crippen molar-refractivity contribution in [1.82, 2.24) is 0 Å². The maximum absolute atomic E-state index is 7.15. The van der Waals surface area contributed by atoms with Gasteiger partial charge in [0, 0.05) is 0 Å². The van der Waals surface area contributed by atoms with Gasteiger partial charge in [-0.3, -0.25) is 0 Å². The van der Waals surface area contributed by atoms with E-state index in [4.69, 9.17) is 8.85 Å². The molecule has 0 saturated carbocycles. The molecule has 0 bridgehead atoms. The molecular formula is C25H58O2Si2Sn. The van der Waals surface area contributed by atoms with Crippen molar-refractivity contribution in [1.29, 1.82) is 0 Å². The van der Waals surface area contributed by atoms with E-state index in [1.807, 2.05) is 0 Å². The second kappa shape index (κ2) is 15.9. The van der Waals surface area contributed by atoms with Gasteiger partial charge in [0.15, 0.2) is 0 Å². The van der Waals surface area contributed by atoms with Gasteiger partial charge in [0.1, 0.15) is 0 Å². The summed E-state index contributed by atoms with van der Waals surface area (Å²) in [7, 11) is -3.15. The van der Waals surface area contributed by atoms with Crippen molar-refractivity contribution in [3.05, 3.63) is 0 Å². The predicted molar refractivity (Wildman–Crippen MR) is 145 cm³/mol. The Labute approximate surface area is 197 Å². The van der Waals surface area contributed by atoms with Crippen LogP contribution in [0.25, 0.3) is 0 Å². The van der Waals surface area contributed by atoms with Gasteiger partial charge < -0.3 is 0 Å². The molecule has 2 atom stereocenters. The average Bonchev–Trinajstić information content (AvgIpc) is 2.70. The van der Waals surface area contributed by atoms with E-state index in [-0.39, 0.29) is 0 Å². The van der Waals surface area contributed by atoms with Crippen molar-refractivity contribution >= 4 is 35.0 Å². The van der Waals surface area contributed by atoms with E-state index in [0.29, 0.717) is 10.2 Å². The van der Waals surface area contributed by atoms with Gasteiger partial charge in [-0.1, -0.05) is 0 Å². The Morgan fingerprint density at radius 3 is 1.37 bits per heavy atom. The second-order valence-corrected chi connectivity index (χ2v) is 33.9. The number of unbranched alkanes of at least 4 members (excludes halogenated alkanes) is 3. The molecule has 0 fully saturated rings. The zero-order valence-corrected chi connectivity index (χ0v) is 27.5. The Morgan fingerprint density at radius 1 is 0.667 bits per heavy atom. The van der Waals surface area contributed by atoms with Crippen molar-refractivity contribution in [2.24, 2.45) is 0 Å². The van der Waals surface area contributed by atoms with Crippen LogP contribution in [0.1, 0.15) is 93.4 Å². The van der Waals surface area contributed by atoms with Gasteiger partial charge in [0.25, 0.3) is 0 Å². The van der Waals surface area contributed by atoms with Crippen LogP contribution in [0.4, 0.5) is 0 Å². The number of rotatable bonds is 19. The van der Waals surface area contributed by atoms with Crippen molar-refractivity contribution in [2.75, 3.05) is 0 Å². The summed E-state index contributed by atoms with van der Waals surface area (Å²) in [6.07, 6.45) is 9.79. The first-order chi connectivity index (χ1) is 14.1. The van der Waals surface area contributed by atoms with Crippen molar-refractivity contribution in [3.63, 3.8) is 0 Å². The van der Waals surface area contributed by atoms with Crippen LogP contribution in [0.5, 0.6) is 0 Å². The molecule has 0 aliphatic carbocycles. The summed E-state index contributed by atoms with van der Waals surface area (Å²) in [5, 5.41) is 0. The third-order valence-corrected chi connectivity index (χ3v) is 30.1. The molecule has 0 radical (unpaired) electrons. The van der Waals surface area contributed by atoms with Crippen LogP contribution in [-0.2, 0) is 8.85 Å². The van der Waals surface area contributed by atoms with Gasteiger partial charge >= 0.3 is 199 Å². The molecule has 30 heavy (non-hydrogen) atoms. The van der Waals surface area contributed by atoms with Gasteiger partial charge in [0.2, 0.25) is 0 Å². The standard InChI is InChI=1S/C13H31O2Si2.3C4H9.Sn/c1-8-17(9-2,10-3)15-13(4)11-12-14-16(5,6)7;3*1-3-4-2;/h12-13H,8-11H2,1-7H3;3*1,3-4H2,2H3;/t13-;;;;/m1..../s1. The normalized spacial score (nSPS) is 15.4. The third-order valence-electron chi connectivity index (χ3n) is 7.19. The van der Waals surface area contributed by atoms with Crippen molar-refractivity contribution in [2.45, 2.75) is 155 Å². The molecule has 0 unspecified atom stereocenters. The van der Waals surface area contributed by atoms with E-state index in [1.165, 1.54) is 76.4 Å². The molecule has 5 heteroatoms. The summed E-state index contributed by atoms with van der Waals surface area (Å²) < 4.78 is 19.3. The van der Waals surface area contributed by atoms with Crippen molar-refractivity contribution < 1.29 is 8.85 Å². The Morgan fingerprint density at radius 2 is 1.07 bits per heavy atom. The Balaban J connectivity index is 5.88. The fourth-order valence-electron chi connectivity index (χ4n) is 5.07. The molecule has 182 valence electrons. The van der Waals surface area contributed by atoms with E-state index in [2.05, 4.69) is 68.1 Å². The van der Waals surface area contributed by atoms with Gasteiger partial charge in [-0.25, -0.2) is 0 Å². The topological polar surface area (TPSA) is 18.5 Å². The molecule has 0 aliphatic heterocycles.